The third kappa shape index (κ3) is 1.94. The van der Waals surface area contributed by atoms with Crippen molar-refractivity contribution in [1.29, 1.82) is 0 Å². The summed E-state index contributed by atoms with van der Waals surface area (Å²) < 4.78 is 2.52. The van der Waals surface area contributed by atoms with Crippen LogP contribution in [0.15, 0.2) is 22.4 Å². The van der Waals surface area contributed by atoms with Gasteiger partial charge in [0.05, 0.1) is 14.9 Å². The third-order valence-electron chi connectivity index (χ3n) is 2.21. The van der Waals surface area contributed by atoms with Crippen LogP contribution in [0.25, 0.3) is 10.6 Å². The topological polar surface area (TPSA) is 47.8 Å². The quantitative estimate of drug-likeness (QED) is 0.819. The van der Waals surface area contributed by atoms with Gasteiger partial charge in [-0.3, -0.25) is 9.67 Å². The highest BCUT2D eigenvalue weighted by atomic mass is 79.9. The minimum absolute atomic E-state index is 0.633. The van der Waals surface area contributed by atoms with E-state index in [1.54, 1.807) is 16.4 Å². The van der Waals surface area contributed by atoms with Crippen molar-refractivity contribution in [2.24, 2.45) is 0 Å². The highest BCUT2D eigenvalue weighted by Crippen LogP contribution is 2.30. The second-order valence-electron chi connectivity index (χ2n) is 3.91. The van der Waals surface area contributed by atoms with Gasteiger partial charge < -0.3 is 4.79 Å². The molecule has 2 aromatic heterocycles. The summed E-state index contributed by atoms with van der Waals surface area (Å²) >= 11 is 4.96. The molecule has 0 saturated heterocycles. The molecule has 2 heterocycles. The van der Waals surface area contributed by atoms with Gasteiger partial charge in [0.2, 0.25) is 0 Å². The molecule has 0 aliphatic heterocycles. The Morgan fingerprint density at radius 3 is 2.88 bits per heavy atom. The Bertz CT molecular complexity index is 504. The molecule has 0 fully saturated rings. The molecule has 6 heteroatoms. The first-order chi connectivity index (χ1) is 7.54. The maximum absolute atomic E-state index is 10.9. The van der Waals surface area contributed by atoms with Gasteiger partial charge in [-0.2, -0.15) is 5.10 Å². The number of hydrogen-bond acceptors (Lipinski definition) is 4. The lowest BCUT2D eigenvalue weighted by atomic mass is 10.1. The van der Waals surface area contributed by atoms with E-state index in [9.17, 15) is 4.79 Å². The van der Waals surface area contributed by atoms with Crippen LogP contribution in [0.1, 0.15) is 13.8 Å². The van der Waals surface area contributed by atoms with Gasteiger partial charge in [0.25, 0.3) is 0 Å². The van der Waals surface area contributed by atoms with Crippen molar-refractivity contribution in [2.45, 2.75) is 19.4 Å². The fourth-order valence-corrected chi connectivity index (χ4v) is 2.44. The number of thiazole rings is 1. The van der Waals surface area contributed by atoms with Crippen molar-refractivity contribution >= 4 is 33.6 Å². The lowest BCUT2D eigenvalue weighted by Crippen LogP contribution is -2.28. The highest BCUT2D eigenvalue weighted by molar-refractivity contribution is 9.10. The molecule has 2 aromatic rings. The van der Waals surface area contributed by atoms with Gasteiger partial charge in [-0.05, 0) is 29.8 Å². The van der Waals surface area contributed by atoms with E-state index in [0.717, 1.165) is 21.3 Å². The van der Waals surface area contributed by atoms with Gasteiger partial charge >= 0.3 is 0 Å². The van der Waals surface area contributed by atoms with E-state index in [1.165, 1.54) is 11.3 Å². The van der Waals surface area contributed by atoms with Crippen LogP contribution >= 0.6 is 27.3 Å². The van der Waals surface area contributed by atoms with Crippen LogP contribution in [0.5, 0.6) is 0 Å². The maximum atomic E-state index is 10.9. The number of rotatable bonds is 3. The summed E-state index contributed by atoms with van der Waals surface area (Å²) in [6, 6.07) is 0. The Labute approximate surface area is 105 Å². The van der Waals surface area contributed by atoms with Crippen molar-refractivity contribution in [3.05, 3.63) is 22.4 Å². The molecular formula is C10H10BrN3OS. The second kappa shape index (κ2) is 4.10. The van der Waals surface area contributed by atoms with Gasteiger partial charge in [-0.1, -0.05) is 0 Å². The van der Waals surface area contributed by atoms with Crippen LogP contribution in [0.4, 0.5) is 0 Å². The van der Waals surface area contributed by atoms with E-state index in [1.807, 2.05) is 20.0 Å². The van der Waals surface area contributed by atoms with Crippen molar-refractivity contribution in [1.82, 2.24) is 14.8 Å². The number of nitrogens with zero attached hydrogens (tertiary/aromatic N) is 3. The second-order valence-corrected chi connectivity index (χ2v) is 5.65. The molecule has 0 amide bonds. The minimum atomic E-state index is -0.633. The molecule has 16 heavy (non-hydrogen) atoms. The van der Waals surface area contributed by atoms with E-state index in [2.05, 4.69) is 26.0 Å². The number of halogens is 1. The van der Waals surface area contributed by atoms with Gasteiger partial charge in [0.15, 0.2) is 0 Å². The first-order valence-corrected chi connectivity index (χ1v) is 6.32. The largest absolute Gasteiger partial charge is 0.301 e. The first kappa shape index (κ1) is 11.5. The minimum Gasteiger partial charge on any atom is -0.301 e. The number of aldehydes is 1. The summed E-state index contributed by atoms with van der Waals surface area (Å²) in [4.78, 5) is 15.9. The molecule has 84 valence electrons. The lowest BCUT2D eigenvalue weighted by molar-refractivity contribution is -0.114. The first-order valence-electron chi connectivity index (χ1n) is 4.65. The summed E-state index contributed by atoms with van der Waals surface area (Å²) in [5, 5.41) is 4.40. The van der Waals surface area contributed by atoms with Crippen LogP contribution in [-0.2, 0) is 10.3 Å². The van der Waals surface area contributed by atoms with Crippen LogP contribution in [0.3, 0.4) is 0 Å². The van der Waals surface area contributed by atoms with Crippen LogP contribution < -0.4 is 0 Å². The zero-order valence-corrected chi connectivity index (χ0v) is 11.2. The number of carbonyl (C=O) groups excluding carboxylic acids is 1. The Morgan fingerprint density at radius 2 is 2.31 bits per heavy atom. The molecule has 0 bridgehead atoms. The van der Waals surface area contributed by atoms with Crippen molar-refractivity contribution < 1.29 is 4.79 Å². The zero-order chi connectivity index (χ0) is 11.8. The van der Waals surface area contributed by atoms with Gasteiger partial charge in [-0.15, -0.1) is 11.3 Å². The molecule has 0 N–H and O–H groups in total. The summed E-state index contributed by atoms with van der Waals surface area (Å²) in [5.74, 6) is 0. The van der Waals surface area contributed by atoms with Crippen molar-refractivity contribution in [3.63, 3.8) is 0 Å². The standard InChI is InChI=1S/C10H10BrN3OS/c1-10(2,5-15)14-4-7(11)9(13-14)8-3-12-6-16-8/h3-6H,1-2H3. The van der Waals surface area contributed by atoms with Gasteiger partial charge in [-0.25, -0.2) is 0 Å². The van der Waals surface area contributed by atoms with Gasteiger partial charge in [0, 0.05) is 12.4 Å². The zero-order valence-electron chi connectivity index (χ0n) is 8.85. The van der Waals surface area contributed by atoms with Crippen molar-refractivity contribution in [3.8, 4) is 10.6 Å². The Hall–Kier alpha value is -1.01. The van der Waals surface area contributed by atoms with Crippen LogP contribution in [0.2, 0.25) is 0 Å². The summed E-state index contributed by atoms with van der Waals surface area (Å²) in [6.45, 7) is 3.63. The third-order valence-corrected chi connectivity index (χ3v) is 3.57. The molecular weight excluding hydrogens is 290 g/mol. The molecule has 0 radical (unpaired) electrons. The molecule has 0 aliphatic rings. The molecule has 0 unspecified atom stereocenters. The molecule has 0 atom stereocenters. The molecule has 0 saturated carbocycles. The molecule has 2 rings (SSSR count). The van der Waals surface area contributed by atoms with E-state index in [4.69, 9.17) is 0 Å². The molecule has 0 aliphatic carbocycles. The van der Waals surface area contributed by atoms with E-state index in [-0.39, 0.29) is 0 Å². The summed E-state index contributed by atoms with van der Waals surface area (Å²) in [5.41, 5.74) is 1.94. The molecule has 4 nitrogen and oxygen atoms in total. The molecule has 0 spiro atoms. The Balaban J connectivity index is 2.48. The van der Waals surface area contributed by atoms with E-state index < -0.39 is 5.54 Å². The number of aromatic nitrogens is 3. The van der Waals surface area contributed by atoms with Crippen molar-refractivity contribution in [2.75, 3.05) is 0 Å². The van der Waals surface area contributed by atoms with E-state index >= 15 is 0 Å². The average Bonchev–Trinajstić information content (AvgIpc) is 2.86. The summed E-state index contributed by atoms with van der Waals surface area (Å²) in [6.07, 6.45) is 4.45. The number of carbonyl (C=O) groups is 1. The maximum Gasteiger partial charge on any atom is 0.147 e. The fourth-order valence-electron chi connectivity index (χ4n) is 1.20. The van der Waals surface area contributed by atoms with Crippen LogP contribution in [0, 0.1) is 0 Å². The fraction of sp³-hybridized carbons (Fsp3) is 0.300. The van der Waals surface area contributed by atoms with E-state index in [0.29, 0.717) is 0 Å². The predicted octanol–water partition coefficient (Wildman–Crippen LogP) is 2.70. The Kier molecular flexibility index (Phi) is 2.94. The average molecular weight is 300 g/mol. The molecule has 0 aromatic carbocycles. The van der Waals surface area contributed by atoms with Gasteiger partial charge in [0.1, 0.15) is 17.5 Å². The smallest absolute Gasteiger partial charge is 0.147 e. The predicted molar refractivity (Wildman–Crippen MR) is 66.4 cm³/mol. The summed E-state index contributed by atoms with van der Waals surface area (Å²) in [7, 11) is 0. The lowest BCUT2D eigenvalue weighted by Gasteiger charge is -2.16. The monoisotopic (exact) mass is 299 g/mol. The Morgan fingerprint density at radius 1 is 1.56 bits per heavy atom. The normalized spacial score (nSPS) is 11.7. The number of hydrogen-bond donors (Lipinski definition) is 0. The van der Waals surface area contributed by atoms with Crippen LogP contribution in [-0.4, -0.2) is 21.1 Å². The SMILES string of the molecule is CC(C)(C=O)n1cc(Br)c(-c2cncs2)n1. The highest BCUT2D eigenvalue weighted by Gasteiger charge is 2.22.